The van der Waals surface area contributed by atoms with E-state index in [-0.39, 0.29) is 17.8 Å². The van der Waals surface area contributed by atoms with E-state index in [1.165, 1.54) is 23.1 Å². The number of rotatable bonds is 13. The van der Waals surface area contributed by atoms with Gasteiger partial charge in [0.15, 0.2) is 0 Å². The number of aromatic nitrogens is 1. The molecule has 0 aliphatic carbocycles. The number of methoxy groups -OCH3 is 1. The normalized spacial score (nSPS) is 13.8. The number of aromatic carboxylic acids is 1. The summed E-state index contributed by atoms with van der Waals surface area (Å²) in [7, 11) is 3.10. The Bertz CT molecular complexity index is 1310. The van der Waals surface area contributed by atoms with Crippen LogP contribution in [0.4, 0.5) is 27.6 Å². The molecule has 1 aromatic heterocycles. The highest BCUT2D eigenvalue weighted by atomic mass is 19.4. The zero-order valence-electron chi connectivity index (χ0n) is 23.1. The van der Waals surface area contributed by atoms with Crippen molar-refractivity contribution in [3.63, 3.8) is 0 Å². The molecule has 0 bridgehead atoms. The number of halogens is 5. The van der Waals surface area contributed by atoms with E-state index in [0.717, 1.165) is 29.0 Å². The summed E-state index contributed by atoms with van der Waals surface area (Å²) in [5.41, 5.74) is 2.73. The number of anilines is 1. The molecule has 12 heteroatoms. The highest BCUT2D eigenvalue weighted by Gasteiger charge is 2.37. The second kappa shape index (κ2) is 12.9. The third-order valence-electron chi connectivity index (χ3n) is 7.00. The molecule has 2 aromatic carbocycles. The molecule has 0 radical (unpaired) electrons. The van der Waals surface area contributed by atoms with Crippen molar-refractivity contribution in [1.29, 1.82) is 0 Å². The molecule has 0 fully saturated rings. The first-order chi connectivity index (χ1) is 18.8. The van der Waals surface area contributed by atoms with Crippen LogP contribution < -0.4 is 10.1 Å². The van der Waals surface area contributed by atoms with Crippen LogP contribution >= 0.6 is 0 Å². The van der Waals surface area contributed by atoms with Crippen molar-refractivity contribution in [2.75, 3.05) is 39.1 Å². The number of hydrogen-bond acceptors (Lipinski definition) is 5. The first kappa shape index (κ1) is 31.2. The Hall–Kier alpha value is -3.38. The average Bonchev–Trinajstić information content (AvgIpc) is 3.36. The Morgan fingerprint density at radius 1 is 1.18 bits per heavy atom. The predicted molar refractivity (Wildman–Crippen MR) is 144 cm³/mol. The number of carbonyl (C=O) groups is 1. The van der Waals surface area contributed by atoms with E-state index in [2.05, 4.69) is 10.3 Å². The number of H-pyrrole nitrogens is 1. The number of carboxylic acid groups (broad SMARTS) is 1. The highest BCUT2D eigenvalue weighted by Crippen LogP contribution is 2.35. The van der Waals surface area contributed by atoms with Gasteiger partial charge in [-0.3, -0.25) is 9.80 Å². The van der Waals surface area contributed by atoms with Gasteiger partial charge in [-0.2, -0.15) is 13.2 Å². The van der Waals surface area contributed by atoms with Gasteiger partial charge in [-0.25, -0.2) is 13.6 Å². The van der Waals surface area contributed by atoms with Crippen LogP contribution in [0.2, 0.25) is 0 Å². The molecule has 0 saturated carbocycles. The number of nitrogens with one attached hydrogen (secondary N) is 2. The maximum absolute atomic E-state index is 13.3. The minimum absolute atomic E-state index is 0.114. The second-order valence-electron chi connectivity index (χ2n) is 9.85. The van der Waals surface area contributed by atoms with Crippen LogP contribution in [0.5, 0.6) is 5.75 Å². The van der Waals surface area contributed by atoms with Gasteiger partial charge in [0, 0.05) is 47.5 Å². The molecular formula is C28H35F5N4O3. The summed E-state index contributed by atoms with van der Waals surface area (Å²) >= 11 is 0. The zero-order chi connectivity index (χ0) is 29.8. The number of benzene rings is 2. The topological polar surface area (TPSA) is 80.8 Å². The molecule has 2 atom stereocenters. The molecule has 0 saturated heterocycles. The summed E-state index contributed by atoms with van der Waals surface area (Å²) < 4.78 is 72.2. The fraction of sp³-hybridized carbons (Fsp3) is 0.464. The molecule has 220 valence electrons. The Balaban J connectivity index is 2.11. The highest BCUT2D eigenvalue weighted by molar-refractivity contribution is 5.94. The van der Waals surface area contributed by atoms with Crippen molar-refractivity contribution < 1.29 is 36.6 Å². The molecule has 3 rings (SSSR count). The van der Waals surface area contributed by atoms with Crippen LogP contribution in [-0.2, 0) is 6.54 Å². The van der Waals surface area contributed by atoms with E-state index in [9.17, 15) is 31.9 Å². The molecule has 0 amide bonds. The summed E-state index contributed by atoms with van der Waals surface area (Å²) in [6.07, 6.45) is -5.38. The summed E-state index contributed by atoms with van der Waals surface area (Å²) in [5.74, 6) is -0.744. The molecule has 3 N–H and O–H groups in total. The number of carboxylic acids is 1. The Labute approximate surface area is 229 Å². The Morgan fingerprint density at radius 3 is 2.45 bits per heavy atom. The number of nitrogens with zero attached hydrogens (tertiary/aromatic N) is 2. The van der Waals surface area contributed by atoms with E-state index in [1.807, 2.05) is 37.1 Å². The lowest BCUT2D eigenvalue weighted by atomic mass is 9.98. The number of hydrogen-bond donors (Lipinski definition) is 3. The van der Waals surface area contributed by atoms with Crippen molar-refractivity contribution in [3.05, 3.63) is 58.8 Å². The van der Waals surface area contributed by atoms with Crippen LogP contribution in [0.15, 0.2) is 36.5 Å². The first-order valence-electron chi connectivity index (χ1n) is 12.8. The summed E-state index contributed by atoms with van der Waals surface area (Å²) in [4.78, 5) is 18.5. The minimum atomic E-state index is -4.61. The SMILES string of the molecule is CCN(Cc1c(OC)cc(C)c2[nH]ccc12)C(CN(C)CC(F)F)c1ccc(C(=O)O)c(NC(C)C(F)(F)F)c1. The molecule has 2 unspecified atom stereocenters. The molecule has 0 spiro atoms. The summed E-state index contributed by atoms with van der Waals surface area (Å²) in [5, 5.41) is 12.8. The van der Waals surface area contributed by atoms with Gasteiger partial charge in [0.05, 0.1) is 19.2 Å². The van der Waals surface area contributed by atoms with Gasteiger partial charge in [-0.05, 0) is 62.8 Å². The smallest absolute Gasteiger partial charge is 0.408 e. The van der Waals surface area contributed by atoms with Gasteiger partial charge in [0.25, 0.3) is 6.43 Å². The largest absolute Gasteiger partial charge is 0.496 e. The van der Waals surface area contributed by atoms with Gasteiger partial charge in [0.2, 0.25) is 0 Å². The second-order valence-corrected chi connectivity index (χ2v) is 9.85. The van der Waals surface area contributed by atoms with Crippen LogP contribution in [0.1, 0.15) is 46.9 Å². The maximum Gasteiger partial charge on any atom is 0.408 e. The van der Waals surface area contributed by atoms with E-state index in [1.54, 1.807) is 14.2 Å². The number of aromatic amines is 1. The summed E-state index contributed by atoms with van der Waals surface area (Å²) in [6.45, 7) is 5.15. The van der Waals surface area contributed by atoms with Gasteiger partial charge in [-0.1, -0.05) is 13.0 Å². The molecule has 0 aliphatic rings. The lowest BCUT2D eigenvalue weighted by molar-refractivity contribution is -0.138. The predicted octanol–water partition coefficient (Wildman–Crippen LogP) is 6.31. The van der Waals surface area contributed by atoms with Crippen molar-refractivity contribution in [2.24, 2.45) is 0 Å². The van der Waals surface area contributed by atoms with Crippen LogP contribution in [0.25, 0.3) is 10.9 Å². The zero-order valence-corrected chi connectivity index (χ0v) is 23.1. The number of likely N-dealkylation sites (N-methyl/N-ethyl adjacent to an activating group) is 2. The quantitative estimate of drug-likeness (QED) is 0.209. The number of ether oxygens (including phenoxy) is 1. The Kier molecular flexibility index (Phi) is 10.0. The standard InChI is InChI=1S/C28H35F5N4O3/c1-6-37(13-21-19-9-10-34-26(19)16(2)11-24(21)40-5)23(14-36(4)15-25(29)30)18-7-8-20(27(38)39)22(12-18)35-17(3)28(31,32)33/h7-12,17,23,25,34-35H,6,13-15H2,1-5H3,(H,38,39). The van der Waals surface area contributed by atoms with Crippen molar-refractivity contribution in [2.45, 2.75) is 52.0 Å². The van der Waals surface area contributed by atoms with Crippen molar-refractivity contribution in [1.82, 2.24) is 14.8 Å². The number of aryl methyl sites for hydroxylation is 1. The first-order valence-corrected chi connectivity index (χ1v) is 12.8. The minimum Gasteiger partial charge on any atom is -0.496 e. The third kappa shape index (κ3) is 7.22. The van der Waals surface area contributed by atoms with Gasteiger partial charge < -0.3 is 20.1 Å². The van der Waals surface area contributed by atoms with E-state index >= 15 is 0 Å². The third-order valence-corrected chi connectivity index (χ3v) is 7.00. The van der Waals surface area contributed by atoms with Crippen LogP contribution in [0, 0.1) is 6.92 Å². The average molecular weight is 571 g/mol. The molecule has 40 heavy (non-hydrogen) atoms. The molecule has 0 aliphatic heterocycles. The van der Waals surface area contributed by atoms with Gasteiger partial charge in [0.1, 0.15) is 11.8 Å². The van der Waals surface area contributed by atoms with Crippen molar-refractivity contribution >= 4 is 22.6 Å². The van der Waals surface area contributed by atoms with Crippen molar-refractivity contribution in [3.8, 4) is 5.75 Å². The molecule has 7 nitrogen and oxygen atoms in total. The van der Waals surface area contributed by atoms with E-state index in [0.29, 0.717) is 24.4 Å². The lowest BCUT2D eigenvalue weighted by Crippen LogP contribution is -2.38. The molecule has 3 aromatic rings. The van der Waals surface area contributed by atoms with E-state index in [4.69, 9.17) is 4.74 Å². The van der Waals surface area contributed by atoms with E-state index < -0.39 is 37.2 Å². The van der Waals surface area contributed by atoms with Crippen LogP contribution in [0.3, 0.4) is 0 Å². The van der Waals surface area contributed by atoms with Crippen LogP contribution in [-0.4, -0.2) is 78.3 Å². The van der Waals surface area contributed by atoms with Gasteiger partial charge >= 0.3 is 12.1 Å². The monoisotopic (exact) mass is 570 g/mol. The lowest BCUT2D eigenvalue weighted by Gasteiger charge is -2.35. The van der Waals surface area contributed by atoms with Gasteiger partial charge in [-0.15, -0.1) is 0 Å². The maximum atomic E-state index is 13.3. The fourth-order valence-electron chi connectivity index (χ4n) is 4.85. The molecule has 1 heterocycles. The number of fused-ring (bicyclic) bond motifs is 1. The number of alkyl halides is 5. The fourth-order valence-corrected chi connectivity index (χ4v) is 4.85. The molecular weight excluding hydrogens is 535 g/mol. The Morgan fingerprint density at radius 2 is 1.88 bits per heavy atom. The summed E-state index contributed by atoms with van der Waals surface area (Å²) in [6, 6.07) is 5.38.